The van der Waals surface area contributed by atoms with Crippen molar-refractivity contribution in [3.05, 3.63) is 30.0 Å². The summed E-state index contributed by atoms with van der Waals surface area (Å²) in [6.45, 7) is 1.41. The standard InChI is InChI=1S/C20H24N2O4/c23-19(14-4-3-5-15(12-14)20(24)25)22-10-8-13(9-11-22)18-16-6-1-2-7-17(16)26-21-18/h1-2,6-7,13-15H,3-5,8-12H2,(H,24,25)/t14-,15+/m1/s1. The molecule has 2 aromatic rings. The Kier molecular flexibility index (Phi) is 4.66. The van der Waals surface area contributed by atoms with Gasteiger partial charge in [0.25, 0.3) is 0 Å². The van der Waals surface area contributed by atoms with Crippen molar-refractivity contribution in [2.45, 2.75) is 44.4 Å². The van der Waals surface area contributed by atoms with E-state index in [2.05, 4.69) is 5.16 Å². The maximum absolute atomic E-state index is 12.8. The summed E-state index contributed by atoms with van der Waals surface area (Å²) in [5.41, 5.74) is 1.80. The summed E-state index contributed by atoms with van der Waals surface area (Å²) in [7, 11) is 0. The summed E-state index contributed by atoms with van der Waals surface area (Å²) in [5, 5.41) is 14.6. The van der Waals surface area contributed by atoms with Gasteiger partial charge in [0.05, 0.1) is 11.6 Å². The minimum Gasteiger partial charge on any atom is -0.481 e. The van der Waals surface area contributed by atoms with Gasteiger partial charge in [0, 0.05) is 30.3 Å². The van der Waals surface area contributed by atoms with E-state index in [0.29, 0.717) is 31.8 Å². The number of para-hydroxylation sites is 1. The van der Waals surface area contributed by atoms with Crippen LogP contribution < -0.4 is 0 Å². The molecule has 4 rings (SSSR count). The number of rotatable bonds is 3. The first-order valence-corrected chi connectivity index (χ1v) is 9.49. The number of carbonyl (C=O) groups excluding carboxylic acids is 1. The molecule has 2 heterocycles. The molecule has 1 N–H and O–H groups in total. The molecule has 6 nitrogen and oxygen atoms in total. The van der Waals surface area contributed by atoms with Gasteiger partial charge in [-0.2, -0.15) is 0 Å². The van der Waals surface area contributed by atoms with Crippen molar-refractivity contribution in [2.24, 2.45) is 11.8 Å². The average molecular weight is 356 g/mol. The van der Waals surface area contributed by atoms with E-state index >= 15 is 0 Å². The molecule has 0 spiro atoms. The highest BCUT2D eigenvalue weighted by Crippen LogP contribution is 2.35. The van der Waals surface area contributed by atoms with Crippen molar-refractivity contribution in [2.75, 3.05) is 13.1 Å². The van der Waals surface area contributed by atoms with Crippen LogP contribution in [0.4, 0.5) is 0 Å². The van der Waals surface area contributed by atoms with Crippen molar-refractivity contribution in [3.8, 4) is 0 Å². The third-order valence-electron chi connectivity index (χ3n) is 5.97. The number of carbonyl (C=O) groups is 2. The number of piperidine rings is 1. The molecule has 26 heavy (non-hydrogen) atoms. The second-order valence-electron chi connectivity index (χ2n) is 7.56. The van der Waals surface area contributed by atoms with Crippen molar-refractivity contribution >= 4 is 22.8 Å². The number of aliphatic carboxylic acids is 1. The van der Waals surface area contributed by atoms with Gasteiger partial charge in [-0.25, -0.2) is 0 Å². The Bertz CT molecular complexity index is 807. The van der Waals surface area contributed by atoms with Gasteiger partial charge in [0.1, 0.15) is 0 Å². The molecule has 1 aromatic carbocycles. The molecule has 0 bridgehead atoms. The van der Waals surface area contributed by atoms with Crippen molar-refractivity contribution < 1.29 is 19.2 Å². The second-order valence-corrected chi connectivity index (χ2v) is 7.56. The first kappa shape index (κ1) is 17.1. The Hall–Kier alpha value is -2.37. The van der Waals surface area contributed by atoms with Crippen LogP contribution in [0.1, 0.15) is 50.1 Å². The van der Waals surface area contributed by atoms with E-state index in [9.17, 15) is 14.7 Å². The predicted octanol–water partition coefficient (Wildman–Crippen LogP) is 3.42. The predicted molar refractivity (Wildman–Crippen MR) is 95.6 cm³/mol. The van der Waals surface area contributed by atoms with Crippen LogP contribution in [0, 0.1) is 11.8 Å². The first-order chi connectivity index (χ1) is 12.6. The number of aromatic nitrogens is 1. The van der Waals surface area contributed by atoms with Crippen molar-refractivity contribution in [1.29, 1.82) is 0 Å². The van der Waals surface area contributed by atoms with E-state index in [0.717, 1.165) is 42.3 Å². The Balaban J connectivity index is 1.39. The Morgan fingerprint density at radius 2 is 1.81 bits per heavy atom. The van der Waals surface area contributed by atoms with E-state index in [1.165, 1.54) is 0 Å². The van der Waals surface area contributed by atoms with Crippen LogP contribution in [0.15, 0.2) is 28.8 Å². The molecule has 6 heteroatoms. The number of fused-ring (bicyclic) bond motifs is 1. The summed E-state index contributed by atoms with van der Waals surface area (Å²) in [4.78, 5) is 26.0. The van der Waals surface area contributed by atoms with Crippen LogP contribution in [0.3, 0.4) is 0 Å². The summed E-state index contributed by atoms with van der Waals surface area (Å²) in [6.07, 6.45) is 4.57. The zero-order valence-electron chi connectivity index (χ0n) is 14.8. The van der Waals surface area contributed by atoms with Crippen LogP contribution in [0.25, 0.3) is 11.0 Å². The van der Waals surface area contributed by atoms with Gasteiger partial charge in [-0.3, -0.25) is 9.59 Å². The Morgan fingerprint density at radius 3 is 2.58 bits per heavy atom. The van der Waals surface area contributed by atoms with Crippen LogP contribution in [0.2, 0.25) is 0 Å². The lowest BCUT2D eigenvalue weighted by atomic mass is 9.80. The lowest BCUT2D eigenvalue weighted by Crippen LogP contribution is -2.43. The fourth-order valence-electron chi connectivity index (χ4n) is 4.47. The van der Waals surface area contributed by atoms with E-state index in [-0.39, 0.29) is 17.7 Å². The quantitative estimate of drug-likeness (QED) is 0.911. The monoisotopic (exact) mass is 356 g/mol. The molecule has 138 valence electrons. The summed E-state index contributed by atoms with van der Waals surface area (Å²) < 4.78 is 5.42. The number of carboxylic acids is 1. The molecule has 2 fully saturated rings. The number of carboxylic acid groups (broad SMARTS) is 1. The topological polar surface area (TPSA) is 83.6 Å². The molecule has 1 amide bonds. The molecule has 2 aliphatic rings. The van der Waals surface area contributed by atoms with Gasteiger partial charge in [0.15, 0.2) is 5.58 Å². The van der Waals surface area contributed by atoms with Gasteiger partial charge >= 0.3 is 5.97 Å². The highest BCUT2D eigenvalue weighted by atomic mass is 16.5. The first-order valence-electron chi connectivity index (χ1n) is 9.49. The number of amides is 1. The van der Waals surface area contributed by atoms with Crippen LogP contribution in [0.5, 0.6) is 0 Å². The van der Waals surface area contributed by atoms with Gasteiger partial charge in [-0.1, -0.05) is 23.7 Å². The molecule has 0 unspecified atom stereocenters. The minimum absolute atomic E-state index is 0.130. The van der Waals surface area contributed by atoms with Crippen LogP contribution >= 0.6 is 0 Å². The highest BCUT2D eigenvalue weighted by Gasteiger charge is 2.35. The minimum atomic E-state index is -0.765. The molecule has 2 atom stereocenters. The zero-order valence-corrected chi connectivity index (χ0v) is 14.8. The van der Waals surface area contributed by atoms with Crippen molar-refractivity contribution in [1.82, 2.24) is 10.1 Å². The Labute approximate surface area is 152 Å². The maximum Gasteiger partial charge on any atom is 0.306 e. The molecule has 1 aliphatic carbocycles. The molecule has 0 radical (unpaired) electrons. The number of likely N-dealkylation sites (tertiary alicyclic amines) is 1. The van der Waals surface area contributed by atoms with Gasteiger partial charge in [-0.05, 0) is 44.2 Å². The van der Waals surface area contributed by atoms with E-state index < -0.39 is 5.97 Å². The van der Waals surface area contributed by atoms with Crippen LogP contribution in [-0.2, 0) is 9.59 Å². The lowest BCUT2D eigenvalue weighted by Gasteiger charge is -2.35. The number of hydrogen-bond donors (Lipinski definition) is 1. The van der Waals surface area contributed by atoms with Crippen molar-refractivity contribution in [3.63, 3.8) is 0 Å². The number of hydrogen-bond acceptors (Lipinski definition) is 4. The second kappa shape index (κ2) is 7.09. The average Bonchev–Trinajstić information content (AvgIpc) is 3.12. The highest BCUT2D eigenvalue weighted by molar-refractivity contribution is 5.81. The Morgan fingerprint density at radius 1 is 1.08 bits per heavy atom. The zero-order chi connectivity index (χ0) is 18.1. The summed E-state index contributed by atoms with van der Waals surface area (Å²) in [6, 6.07) is 7.88. The van der Waals surface area contributed by atoms with E-state index in [1.54, 1.807) is 0 Å². The van der Waals surface area contributed by atoms with Gasteiger partial charge in [-0.15, -0.1) is 0 Å². The summed E-state index contributed by atoms with van der Waals surface area (Å²) in [5.74, 6) is -0.814. The fourth-order valence-corrected chi connectivity index (χ4v) is 4.47. The third kappa shape index (κ3) is 3.20. The normalized spacial score (nSPS) is 24.7. The maximum atomic E-state index is 12.8. The SMILES string of the molecule is O=C(O)[C@H]1CCC[C@@H](C(=O)N2CCC(c3noc4ccccc34)CC2)C1. The largest absolute Gasteiger partial charge is 0.481 e. The molecule has 1 aliphatic heterocycles. The lowest BCUT2D eigenvalue weighted by molar-refractivity contribution is -0.145. The molecular weight excluding hydrogens is 332 g/mol. The smallest absolute Gasteiger partial charge is 0.306 e. The van der Waals surface area contributed by atoms with Gasteiger partial charge in [0.2, 0.25) is 5.91 Å². The van der Waals surface area contributed by atoms with E-state index in [1.807, 2.05) is 29.2 Å². The number of nitrogens with zero attached hydrogens (tertiary/aromatic N) is 2. The van der Waals surface area contributed by atoms with Gasteiger partial charge < -0.3 is 14.5 Å². The third-order valence-corrected chi connectivity index (χ3v) is 5.97. The summed E-state index contributed by atoms with van der Waals surface area (Å²) >= 11 is 0. The van der Waals surface area contributed by atoms with Crippen LogP contribution in [-0.4, -0.2) is 40.1 Å². The molecule has 1 aromatic heterocycles. The number of benzene rings is 1. The molecule has 1 saturated heterocycles. The molecular formula is C20H24N2O4. The van der Waals surface area contributed by atoms with E-state index in [4.69, 9.17) is 4.52 Å². The fraction of sp³-hybridized carbons (Fsp3) is 0.550. The molecule has 1 saturated carbocycles.